The summed E-state index contributed by atoms with van der Waals surface area (Å²) in [6, 6.07) is 2.06. The lowest BCUT2D eigenvalue weighted by atomic mass is 10.1. The molecule has 0 radical (unpaired) electrons. The Morgan fingerprint density at radius 1 is 1.03 bits per heavy atom. The second-order valence-corrected chi connectivity index (χ2v) is 7.23. The zero-order chi connectivity index (χ0) is 24.1. The summed E-state index contributed by atoms with van der Waals surface area (Å²) in [7, 11) is 0. The van der Waals surface area contributed by atoms with Gasteiger partial charge >= 0.3 is 6.18 Å². The van der Waals surface area contributed by atoms with Crippen LogP contribution in [0.15, 0.2) is 36.8 Å². The molecule has 0 fully saturated rings. The van der Waals surface area contributed by atoms with E-state index >= 15 is 0 Å². The van der Waals surface area contributed by atoms with E-state index in [-0.39, 0.29) is 21.1 Å². The minimum absolute atomic E-state index is 0.0362. The van der Waals surface area contributed by atoms with Gasteiger partial charge in [0.05, 0.1) is 28.0 Å². The quantitative estimate of drug-likeness (QED) is 0.420. The summed E-state index contributed by atoms with van der Waals surface area (Å²) in [4.78, 5) is 17.1. The summed E-state index contributed by atoms with van der Waals surface area (Å²) in [5, 5.41) is 10.6. The molecule has 170 valence electrons. The third-order valence-electron chi connectivity index (χ3n) is 4.30. The van der Waals surface area contributed by atoms with E-state index < -0.39 is 51.4 Å². The minimum atomic E-state index is -5.24. The van der Waals surface area contributed by atoms with Crippen molar-refractivity contribution in [2.45, 2.75) is 6.18 Å². The zero-order valence-electron chi connectivity index (χ0n) is 15.8. The van der Waals surface area contributed by atoms with Crippen molar-refractivity contribution in [1.29, 1.82) is 0 Å². The number of aromatic nitrogens is 6. The van der Waals surface area contributed by atoms with Crippen LogP contribution in [0.5, 0.6) is 0 Å². The Balaban J connectivity index is 2.01. The highest BCUT2D eigenvalue weighted by molar-refractivity contribution is 6.32. The van der Waals surface area contributed by atoms with Crippen molar-refractivity contribution >= 4 is 29.1 Å². The smallest absolute Gasteiger partial charge is 0.365 e. The fourth-order valence-corrected chi connectivity index (χ4v) is 3.56. The second kappa shape index (κ2) is 8.08. The van der Waals surface area contributed by atoms with E-state index in [0.717, 1.165) is 17.1 Å². The number of nitrogens with two attached hydrogens (primary N) is 1. The molecule has 0 unspecified atom stereocenters. The maximum absolute atomic E-state index is 14.5. The Labute approximate surface area is 190 Å². The van der Waals surface area contributed by atoms with E-state index in [9.17, 15) is 26.7 Å². The first-order chi connectivity index (χ1) is 15.5. The lowest BCUT2D eigenvalue weighted by Crippen LogP contribution is -2.21. The largest absolute Gasteiger partial charge is 0.434 e. The van der Waals surface area contributed by atoms with Crippen molar-refractivity contribution in [3.05, 3.63) is 69.7 Å². The third-order valence-corrected chi connectivity index (χ3v) is 4.86. The molecule has 0 saturated carbocycles. The molecular weight excluding hydrogens is 496 g/mol. The molecule has 33 heavy (non-hydrogen) atoms. The number of nitrogens with zero attached hydrogens (tertiary/aromatic N) is 6. The van der Waals surface area contributed by atoms with Gasteiger partial charge in [0.1, 0.15) is 17.2 Å². The van der Waals surface area contributed by atoms with Gasteiger partial charge in [-0.1, -0.05) is 23.2 Å². The standard InChI is InChI=1S/C18H8Cl2F5N7O/c19-9-4-8(21)5-11(22)14(9)31-15(18(23,24)25)12(16(26)33)13(30-31)7-3-10(20)17(27-6-7)32-28-1-2-29-32/h1-6H,(H2,26,33). The van der Waals surface area contributed by atoms with E-state index in [1.165, 1.54) is 12.4 Å². The topological polar surface area (TPSA) is 105 Å². The van der Waals surface area contributed by atoms with Gasteiger partial charge in [0.25, 0.3) is 5.91 Å². The highest BCUT2D eigenvalue weighted by Gasteiger charge is 2.43. The van der Waals surface area contributed by atoms with Crippen molar-refractivity contribution in [2.75, 3.05) is 0 Å². The molecule has 0 spiro atoms. The Morgan fingerprint density at radius 2 is 1.70 bits per heavy atom. The van der Waals surface area contributed by atoms with Crippen molar-refractivity contribution in [3.8, 4) is 22.8 Å². The number of carbonyl (C=O) groups is 1. The van der Waals surface area contributed by atoms with Gasteiger partial charge in [-0.2, -0.15) is 28.5 Å². The monoisotopic (exact) mass is 503 g/mol. The summed E-state index contributed by atoms with van der Waals surface area (Å²) in [5.74, 6) is -4.06. The number of pyridine rings is 1. The molecule has 3 aromatic heterocycles. The maximum atomic E-state index is 14.5. The molecule has 0 aliphatic carbocycles. The predicted molar refractivity (Wildman–Crippen MR) is 105 cm³/mol. The SMILES string of the molecule is NC(=O)c1c(-c2cnc(-n3nccn3)c(Cl)c2)nn(-c2c(F)cc(F)cc2Cl)c1C(F)(F)F. The first-order valence-electron chi connectivity index (χ1n) is 8.66. The van der Waals surface area contributed by atoms with Gasteiger partial charge in [0, 0.05) is 17.8 Å². The Morgan fingerprint density at radius 3 is 2.24 bits per heavy atom. The lowest BCUT2D eigenvalue weighted by Gasteiger charge is -2.13. The summed E-state index contributed by atoms with van der Waals surface area (Å²) in [6.07, 6.45) is -1.51. The molecule has 15 heteroatoms. The average molecular weight is 504 g/mol. The molecule has 0 saturated heterocycles. The molecule has 0 bridgehead atoms. The molecule has 4 aromatic rings. The van der Waals surface area contributed by atoms with Gasteiger partial charge in [-0.15, -0.1) is 4.80 Å². The van der Waals surface area contributed by atoms with Crippen molar-refractivity contribution in [1.82, 2.24) is 29.8 Å². The number of primary amides is 1. The number of carbonyl (C=O) groups excluding carboxylic acids is 1. The summed E-state index contributed by atoms with van der Waals surface area (Å²) in [6.45, 7) is 0. The first-order valence-corrected chi connectivity index (χ1v) is 9.42. The molecule has 0 atom stereocenters. The Kier molecular flexibility index (Phi) is 5.54. The molecular formula is C18H8Cl2F5N7O. The molecule has 3 heterocycles. The minimum Gasteiger partial charge on any atom is -0.365 e. The number of halogens is 7. The van der Waals surface area contributed by atoms with Crippen LogP contribution in [0.3, 0.4) is 0 Å². The summed E-state index contributed by atoms with van der Waals surface area (Å²) < 4.78 is 69.9. The molecule has 1 aromatic carbocycles. The summed E-state index contributed by atoms with van der Waals surface area (Å²) >= 11 is 12.0. The van der Waals surface area contributed by atoms with E-state index in [2.05, 4.69) is 20.3 Å². The maximum Gasteiger partial charge on any atom is 0.434 e. The van der Waals surface area contributed by atoms with Crippen LogP contribution >= 0.6 is 23.2 Å². The van der Waals surface area contributed by atoms with Crippen LogP contribution in [0.4, 0.5) is 22.0 Å². The highest BCUT2D eigenvalue weighted by Crippen LogP contribution is 2.40. The van der Waals surface area contributed by atoms with Crippen molar-refractivity contribution in [2.24, 2.45) is 5.73 Å². The number of alkyl halides is 3. The van der Waals surface area contributed by atoms with Gasteiger partial charge in [0.2, 0.25) is 0 Å². The van der Waals surface area contributed by atoms with Gasteiger partial charge < -0.3 is 5.73 Å². The normalized spacial score (nSPS) is 11.7. The van der Waals surface area contributed by atoms with Crippen LogP contribution in [-0.4, -0.2) is 35.7 Å². The number of hydrogen-bond donors (Lipinski definition) is 1. The average Bonchev–Trinajstić information content (AvgIpc) is 3.35. The van der Waals surface area contributed by atoms with Crippen LogP contribution in [0.2, 0.25) is 10.0 Å². The molecule has 2 N–H and O–H groups in total. The van der Waals surface area contributed by atoms with E-state index in [0.29, 0.717) is 12.1 Å². The predicted octanol–water partition coefficient (Wildman–Crippen LogP) is 4.22. The van der Waals surface area contributed by atoms with Gasteiger partial charge in [-0.25, -0.2) is 18.4 Å². The number of amides is 1. The fraction of sp³-hybridized carbons (Fsp3) is 0.0556. The van der Waals surface area contributed by atoms with Crippen molar-refractivity contribution in [3.63, 3.8) is 0 Å². The van der Waals surface area contributed by atoms with Crippen LogP contribution in [0, 0.1) is 11.6 Å². The second-order valence-electron chi connectivity index (χ2n) is 6.41. The number of benzene rings is 1. The van der Waals surface area contributed by atoms with Gasteiger partial charge in [0.15, 0.2) is 17.3 Å². The van der Waals surface area contributed by atoms with Crippen molar-refractivity contribution < 1.29 is 26.7 Å². The van der Waals surface area contributed by atoms with E-state index in [4.69, 9.17) is 28.9 Å². The fourth-order valence-electron chi connectivity index (χ4n) is 3.05. The molecule has 0 aliphatic rings. The summed E-state index contributed by atoms with van der Waals surface area (Å²) in [5.41, 5.74) is 0.719. The Bertz CT molecular complexity index is 1360. The van der Waals surface area contributed by atoms with Gasteiger partial charge in [-0.3, -0.25) is 4.79 Å². The highest BCUT2D eigenvalue weighted by atomic mass is 35.5. The van der Waals surface area contributed by atoms with Gasteiger partial charge in [-0.05, 0) is 12.1 Å². The van der Waals surface area contributed by atoms with Crippen LogP contribution in [0.1, 0.15) is 16.1 Å². The molecule has 1 amide bonds. The molecule has 4 rings (SSSR count). The van der Waals surface area contributed by atoms with Crippen LogP contribution in [-0.2, 0) is 6.18 Å². The zero-order valence-corrected chi connectivity index (χ0v) is 17.3. The van der Waals surface area contributed by atoms with Crippen LogP contribution in [0.25, 0.3) is 22.8 Å². The molecule has 8 nitrogen and oxygen atoms in total. The number of hydrogen-bond acceptors (Lipinski definition) is 5. The third kappa shape index (κ3) is 4.00. The molecule has 0 aliphatic heterocycles. The van der Waals surface area contributed by atoms with E-state index in [1.54, 1.807) is 0 Å². The lowest BCUT2D eigenvalue weighted by molar-refractivity contribution is -0.143. The number of rotatable bonds is 4. The van der Waals surface area contributed by atoms with E-state index in [1.807, 2.05) is 0 Å². The Hall–Kier alpha value is -3.58. The van der Waals surface area contributed by atoms with Crippen LogP contribution < -0.4 is 5.73 Å². The first kappa shape index (κ1) is 22.6.